The van der Waals surface area contributed by atoms with E-state index >= 15 is 0 Å². The summed E-state index contributed by atoms with van der Waals surface area (Å²) in [5.41, 5.74) is 1.63. The van der Waals surface area contributed by atoms with Crippen LogP contribution in [-0.4, -0.2) is 16.6 Å². The van der Waals surface area contributed by atoms with Crippen LogP contribution in [0.2, 0.25) is 0 Å². The smallest absolute Gasteiger partial charge is 0.273 e. The maximum Gasteiger partial charge on any atom is 0.273 e. The van der Waals surface area contributed by atoms with Crippen molar-refractivity contribution >= 4 is 43.0 Å². The number of fused-ring (bicyclic) bond motifs is 3. The number of rotatable bonds is 4. The molecule has 0 atom stereocenters. The normalized spacial score (nSPS) is 11.3. The highest BCUT2D eigenvalue weighted by Gasteiger charge is 2.14. The van der Waals surface area contributed by atoms with E-state index in [9.17, 15) is 4.79 Å². The molecule has 0 aliphatic rings. The van der Waals surface area contributed by atoms with Crippen molar-refractivity contribution in [1.82, 2.24) is 9.55 Å². The van der Waals surface area contributed by atoms with Gasteiger partial charge in [-0.1, -0.05) is 12.2 Å². The van der Waals surface area contributed by atoms with Crippen molar-refractivity contribution in [1.29, 1.82) is 5.26 Å². The predicted octanol–water partition coefficient (Wildman–Crippen LogP) is 4.23. The van der Waals surface area contributed by atoms with E-state index in [0.717, 1.165) is 27.0 Å². The van der Waals surface area contributed by atoms with E-state index < -0.39 is 0 Å². The Morgan fingerprint density at radius 2 is 2.23 bits per heavy atom. The number of nitrogens with zero attached hydrogens (tertiary/aromatic N) is 3. The van der Waals surface area contributed by atoms with Gasteiger partial charge in [-0.25, -0.2) is 4.98 Å². The van der Waals surface area contributed by atoms with Gasteiger partial charge in [0.25, 0.3) is 5.56 Å². The molecule has 0 aliphatic carbocycles. The molecular weight excluding hydrogens is 344 g/mol. The maximum atomic E-state index is 12.9. The van der Waals surface area contributed by atoms with Crippen molar-refractivity contribution in [3.63, 3.8) is 0 Å². The van der Waals surface area contributed by atoms with E-state index in [-0.39, 0.29) is 5.56 Å². The third kappa shape index (κ3) is 3.37. The molecule has 6 heteroatoms. The molecule has 1 N–H and O–H groups in total. The first-order chi connectivity index (χ1) is 12.7. The number of thiophene rings is 1. The number of terminal acetylenes is 1. The van der Waals surface area contributed by atoms with E-state index in [1.54, 1.807) is 29.1 Å². The van der Waals surface area contributed by atoms with E-state index in [4.69, 9.17) is 5.26 Å². The molecular formula is C20H18N4OS. The fraction of sp³-hybridized carbons (Fsp3) is 0.150. The zero-order chi connectivity index (χ0) is 19.1. The van der Waals surface area contributed by atoms with Crippen LogP contribution in [0.15, 0.2) is 47.5 Å². The number of allylic oxidation sites excluding steroid dienone is 4. The molecule has 0 amide bonds. The van der Waals surface area contributed by atoms with Crippen molar-refractivity contribution in [2.45, 2.75) is 13.3 Å². The van der Waals surface area contributed by atoms with Crippen molar-refractivity contribution in [3.8, 4) is 18.9 Å². The largest absolute Gasteiger partial charge is 0.387 e. The second-order valence-corrected chi connectivity index (χ2v) is 6.10. The summed E-state index contributed by atoms with van der Waals surface area (Å²) in [6.07, 6.45) is 17.2. The van der Waals surface area contributed by atoms with Crippen LogP contribution in [0.25, 0.3) is 26.0 Å². The van der Waals surface area contributed by atoms with Crippen LogP contribution in [-0.2, 0) is 0 Å². The molecule has 0 saturated heterocycles. The van der Waals surface area contributed by atoms with Gasteiger partial charge in [0, 0.05) is 41.6 Å². The third-order valence-corrected chi connectivity index (χ3v) is 4.87. The molecule has 0 radical (unpaired) electrons. The average Bonchev–Trinajstić information content (AvgIpc) is 3.07. The first kappa shape index (κ1) is 19.0. The zero-order valence-corrected chi connectivity index (χ0v) is 15.4. The standard InChI is InChI=1S/C18H16N4OS.C2H2/c1-3-12(6-4-5-9-19)22-11-8-13-15-14(20-2)7-10-21-17(15)24-16(13)18(22)23;1-2/h3-4,6-8,10-11H,5H2,1-2H3,(H,20,21);1-2H/b6-4-,12-3+;. The number of nitriles is 1. The van der Waals surface area contributed by atoms with Gasteiger partial charge in [-0.15, -0.1) is 24.2 Å². The highest BCUT2D eigenvalue weighted by Crippen LogP contribution is 2.35. The van der Waals surface area contributed by atoms with Crippen LogP contribution in [0.3, 0.4) is 0 Å². The summed E-state index contributed by atoms with van der Waals surface area (Å²) < 4.78 is 2.28. The summed E-state index contributed by atoms with van der Waals surface area (Å²) in [6.45, 7) is 1.87. The Balaban J connectivity index is 0.00000117. The van der Waals surface area contributed by atoms with Crippen LogP contribution < -0.4 is 10.9 Å². The lowest BCUT2D eigenvalue weighted by Gasteiger charge is -2.06. The first-order valence-electron chi connectivity index (χ1n) is 7.85. The van der Waals surface area contributed by atoms with Crippen LogP contribution in [0.5, 0.6) is 0 Å². The summed E-state index contributed by atoms with van der Waals surface area (Å²) in [7, 11) is 1.86. The highest BCUT2D eigenvalue weighted by atomic mass is 32.1. The van der Waals surface area contributed by atoms with Gasteiger partial charge in [0.2, 0.25) is 0 Å². The van der Waals surface area contributed by atoms with Gasteiger partial charge >= 0.3 is 0 Å². The average molecular weight is 362 g/mol. The third-order valence-electron chi connectivity index (χ3n) is 3.77. The minimum Gasteiger partial charge on any atom is -0.387 e. The van der Waals surface area contributed by atoms with Gasteiger partial charge in [0.1, 0.15) is 9.53 Å². The minimum atomic E-state index is -0.0766. The molecule has 130 valence electrons. The molecule has 0 fully saturated rings. The van der Waals surface area contributed by atoms with Crippen LogP contribution in [0.1, 0.15) is 13.3 Å². The first-order valence-corrected chi connectivity index (χ1v) is 8.67. The Bertz CT molecular complexity index is 1110. The molecule has 0 bridgehead atoms. The van der Waals surface area contributed by atoms with Gasteiger partial charge in [-0.05, 0) is 25.1 Å². The summed E-state index contributed by atoms with van der Waals surface area (Å²) >= 11 is 1.40. The van der Waals surface area contributed by atoms with Crippen molar-refractivity contribution in [2.75, 3.05) is 12.4 Å². The van der Waals surface area contributed by atoms with E-state index in [0.29, 0.717) is 11.1 Å². The number of pyridine rings is 2. The van der Waals surface area contributed by atoms with Crippen molar-refractivity contribution in [2.24, 2.45) is 0 Å². The van der Waals surface area contributed by atoms with Gasteiger partial charge in [-0.3, -0.25) is 9.36 Å². The number of hydrogen-bond acceptors (Lipinski definition) is 5. The second-order valence-electron chi connectivity index (χ2n) is 5.10. The maximum absolute atomic E-state index is 12.9. The number of anilines is 1. The topological polar surface area (TPSA) is 70.7 Å². The van der Waals surface area contributed by atoms with E-state index in [1.165, 1.54) is 11.3 Å². The van der Waals surface area contributed by atoms with Gasteiger partial charge < -0.3 is 5.32 Å². The Labute approximate surface area is 155 Å². The molecule has 0 aromatic carbocycles. The lowest BCUT2D eigenvalue weighted by atomic mass is 10.2. The van der Waals surface area contributed by atoms with E-state index in [2.05, 4.69) is 29.2 Å². The second kappa shape index (κ2) is 8.66. The van der Waals surface area contributed by atoms with Crippen molar-refractivity contribution in [3.05, 3.63) is 53.1 Å². The SMILES string of the molecule is C#C.C/C=C(\C=C/CC#N)n1ccc2c(sc3nccc(NC)c32)c1=O. The lowest BCUT2D eigenvalue weighted by molar-refractivity contribution is 1.05. The molecule has 3 rings (SSSR count). The molecule has 5 nitrogen and oxygen atoms in total. The fourth-order valence-corrected chi connectivity index (χ4v) is 3.74. The summed E-state index contributed by atoms with van der Waals surface area (Å²) in [6, 6.07) is 5.91. The van der Waals surface area contributed by atoms with Crippen LogP contribution in [0.4, 0.5) is 5.69 Å². The Kier molecular flexibility index (Phi) is 6.32. The molecule has 3 aromatic heterocycles. The quantitative estimate of drug-likeness (QED) is 0.557. The molecule has 26 heavy (non-hydrogen) atoms. The summed E-state index contributed by atoms with van der Waals surface area (Å²) in [5.74, 6) is 0. The molecule has 0 aliphatic heterocycles. The monoisotopic (exact) mass is 362 g/mol. The number of hydrogen-bond donors (Lipinski definition) is 1. The predicted molar refractivity (Wildman–Crippen MR) is 110 cm³/mol. The Hall–Kier alpha value is -3.35. The fourth-order valence-electron chi connectivity index (χ4n) is 2.65. The molecule has 3 aromatic rings. The van der Waals surface area contributed by atoms with E-state index in [1.807, 2.05) is 32.2 Å². The molecule has 0 spiro atoms. The highest BCUT2D eigenvalue weighted by molar-refractivity contribution is 7.25. The minimum absolute atomic E-state index is 0.0766. The van der Waals surface area contributed by atoms with Crippen LogP contribution >= 0.6 is 11.3 Å². The Morgan fingerprint density at radius 3 is 2.88 bits per heavy atom. The van der Waals surface area contributed by atoms with Crippen molar-refractivity contribution < 1.29 is 0 Å². The number of nitrogens with one attached hydrogen (secondary N) is 1. The van der Waals surface area contributed by atoms with Gasteiger partial charge in [0.05, 0.1) is 12.5 Å². The Morgan fingerprint density at radius 1 is 1.46 bits per heavy atom. The lowest BCUT2D eigenvalue weighted by Crippen LogP contribution is -2.17. The molecule has 3 heterocycles. The zero-order valence-electron chi connectivity index (χ0n) is 14.6. The molecule has 0 saturated carbocycles. The summed E-state index contributed by atoms with van der Waals surface area (Å²) in [5, 5.41) is 13.7. The molecule has 0 unspecified atom stereocenters. The summed E-state index contributed by atoms with van der Waals surface area (Å²) in [4.78, 5) is 18.1. The van der Waals surface area contributed by atoms with Gasteiger partial charge in [0.15, 0.2) is 0 Å². The number of aromatic nitrogens is 2. The van der Waals surface area contributed by atoms with Gasteiger partial charge in [-0.2, -0.15) is 5.26 Å². The van der Waals surface area contributed by atoms with Crippen LogP contribution in [0, 0.1) is 24.2 Å².